The summed E-state index contributed by atoms with van der Waals surface area (Å²) >= 11 is 0. The van der Waals surface area contributed by atoms with Crippen molar-refractivity contribution >= 4 is 0 Å². The molecule has 0 amide bonds. The molecule has 0 heterocycles. The fourth-order valence-corrected chi connectivity index (χ4v) is 4.50. The van der Waals surface area contributed by atoms with Crippen LogP contribution in [-0.4, -0.2) is 37.1 Å². The second kappa shape index (κ2) is 6.79. The molecule has 2 heteroatoms. The Hall–Kier alpha value is -0.0800. The lowest BCUT2D eigenvalue weighted by atomic mass is 9.55. The van der Waals surface area contributed by atoms with E-state index in [2.05, 4.69) is 45.0 Å². The molecule has 2 nitrogen and oxygen atoms in total. The molecule has 0 aromatic carbocycles. The molecule has 0 atom stereocenters. The number of nitrogens with zero attached hydrogens (tertiary/aromatic N) is 1. The average molecular weight is 280 g/mol. The molecule has 118 valence electrons. The van der Waals surface area contributed by atoms with E-state index in [0.29, 0.717) is 6.04 Å². The second-order valence-corrected chi connectivity index (χ2v) is 8.40. The van der Waals surface area contributed by atoms with E-state index in [1.54, 1.807) is 0 Å². The molecule has 0 bridgehead atoms. The zero-order chi connectivity index (χ0) is 14.8. The fourth-order valence-electron chi connectivity index (χ4n) is 4.50. The lowest BCUT2D eigenvalue weighted by molar-refractivity contribution is -0.0100. The summed E-state index contributed by atoms with van der Waals surface area (Å²) in [6.07, 6.45) is 8.83. The molecule has 2 aliphatic carbocycles. The molecule has 0 unspecified atom stereocenters. The van der Waals surface area contributed by atoms with Gasteiger partial charge in [0.1, 0.15) is 0 Å². The van der Waals surface area contributed by atoms with E-state index in [1.807, 2.05) is 0 Å². The van der Waals surface area contributed by atoms with Crippen molar-refractivity contribution in [1.29, 1.82) is 0 Å². The van der Waals surface area contributed by atoms with Crippen LogP contribution in [0, 0.1) is 17.3 Å². The van der Waals surface area contributed by atoms with E-state index in [1.165, 1.54) is 51.6 Å². The van der Waals surface area contributed by atoms with Crippen LogP contribution < -0.4 is 5.32 Å². The Morgan fingerprint density at radius 3 is 2.20 bits per heavy atom. The summed E-state index contributed by atoms with van der Waals surface area (Å²) in [7, 11) is 2.33. The molecule has 0 aliphatic heterocycles. The Balaban J connectivity index is 1.68. The van der Waals surface area contributed by atoms with Crippen LogP contribution in [0.25, 0.3) is 0 Å². The van der Waals surface area contributed by atoms with Gasteiger partial charge in [-0.3, -0.25) is 0 Å². The van der Waals surface area contributed by atoms with Gasteiger partial charge in [0.05, 0.1) is 0 Å². The van der Waals surface area contributed by atoms with Crippen LogP contribution in [0.4, 0.5) is 0 Å². The van der Waals surface area contributed by atoms with Gasteiger partial charge in [-0.15, -0.1) is 0 Å². The van der Waals surface area contributed by atoms with E-state index < -0.39 is 0 Å². The molecule has 2 fully saturated rings. The van der Waals surface area contributed by atoms with E-state index in [-0.39, 0.29) is 0 Å². The topological polar surface area (TPSA) is 15.3 Å². The van der Waals surface area contributed by atoms with E-state index >= 15 is 0 Å². The fraction of sp³-hybridized carbons (Fsp3) is 1.00. The summed E-state index contributed by atoms with van der Waals surface area (Å²) in [6.45, 7) is 11.7. The molecular formula is C18H36N2. The Morgan fingerprint density at radius 1 is 1.10 bits per heavy atom. The molecule has 0 aromatic rings. The summed E-state index contributed by atoms with van der Waals surface area (Å²) in [4.78, 5) is 2.62. The SMILES string of the molecule is CC(C)CN(C)[C@H]1CCC2(CC1)C[C@H](CNC(C)C)C2. The number of nitrogens with one attached hydrogen (secondary N) is 1. The van der Waals surface area contributed by atoms with Gasteiger partial charge in [0.15, 0.2) is 0 Å². The first-order valence-corrected chi connectivity index (χ1v) is 8.84. The standard InChI is InChI=1S/C18H36N2/c1-14(2)13-20(5)17-6-8-18(9-7-17)10-16(11-18)12-19-15(3)4/h14-17,19H,6-13H2,1-5H3/t16-,17-,18?. The van der Waals surface area contributed by atoms with Gasteiger partial charge in [0, 0.05) is 18.6 Å². The van der Waals surface area contributed by atoms with Crippen molar-refractivity contribution in [3.8, 4) is 0 Å². The Labute approximate surface area is 126 Å². The summed E-state index contributed by atoms with van der Waals surface area (Å²) in [5.41, 5.74) is 0.749. The third-order valence-corrected chi connectivity index (χ3v) is 5.55. The Bertz CT molecular complexity index is 282. The van der Waals surface area contributed by atoms with E-state index in [4.69, 9.17) is 0 Å². The number of rotatable bonds is 6. The van der Waals surface area contributed by atoms with Crippen molar-refractivity contribution in [1.82, 2.24) is 10.2 Å². The molecule has 0 saturated heterocycles. The van der Waals surface area contributed by atoms with Crippen molar-refractivity contribution in [3.05, 3.63) is 0 Å². The highest BCUT2D eigenvalue weighted by Gasteiger charge is 2.45. The van der Waals surface area contributed by atoms with Gasteiger partial charge in [0.2, 0.25) is 0 Å². The summed E-state index contributed by atoms with van der Waals surface area (Å²) in [5, 5.41) is 3.61. The third kappa shape index (κ3) is 4.21. The molecule has 0 aromatic heterocycles. The number of hydrogen-bond acceptors (Lipinski definition) is 2. The zero-order valence-corrected chi connectivity index (χ0v) is 14.4. The van der Waals surface area contributed by atoms with Crippen LogP contribution in [-0.2, 0) is 0 Å². The van der Waals surface area contributed by atoms with Crippen molar-refractivity contribution in [2.24, 2.45) is 17.3 Å². The van der Waals surface area contributed by atoms with Crippen LogP contribution in [0.2, 0.25) is 0 Å². The second-order valence-electron chi connectivity index (χ2n) is 8.40. The maximum absolute atomic E-state index is 3.61. The molecule has 20 heavy (non-hydrogen) atoms. The largest absolute Gasteiger partial charge is 0.314 e. The first-order chi connectivity index (χ1) is 9.40. The highest BCUT2D eigenvalue weighted by molar-refractivity contribution is 4.98. The van der Waals surface area contributed by atoms with Crippen molar-refractivity contribution < 1.29 is 0 Å². The normalized spacial score (nSPS) is 34.2. The highest BCUT2D eigenvalue weighted by atomic mass is 15.1. The average Bonchev–Trinajstić information content (AvgIpc) is 2.33. The van der Waals surface area contributed by atoms with Gasteiger partial charge in [-0.1, -0.05) is 27.7 Å². The minimum Gasteiger partial charge on any atom is -0.314 e. The number of hydrogen-bond donors (Lipinski definition) is 1. The minimum atomic E-state index is 0.645. The third-order valence-electron chi connectivity index (χ3n) is 5.55. The van der Waals surface area contributed by atoms with E-state index in [9.17, 15) is 0 Å². The van der Waals surface area contributed by atoms with Crippen LogP contribution in [0.3, 0.4) is 0 Å². The van der Waals surface area contributed by atoms with E-state index in [0.717, 1.165) is 23.3 Å². The summed E-state index contributed by atoms with van der Waals surface area (Å²) < 4.78 is 0. The van der Waals surface area contributed by atoms with Gasteiger partial charge in [-0.2, -0.15) is 0 Å². The summed E-state index contributed by atoms with van der Waals surface area (Å²) in [6, 6.07) is 1.50. The summed E-state index contributed by atoms with van der Waals surface area (Å²) in [5.74, 6) is 1.76. The van der Waals surface area contributed by atoms with Gasteiger partial charge in [0.25, 0.3) is 0 Å². The van der Waals surface area contributed by atoms with Crippen LogP contribution >= 0.6 is 0 Å². The zero-order valence-electron chi connectivity index (χ0n) is 14.4. The first-order valence-electron chi connectivity index (χ1n) is 8.84. The van der Waals surface area contributed by atoms with Gasteiger partial charge >= 0.3 is 0 Å². The van der Waals surface area contributed by atoms with Crippen LogP contribution in [0.5, 0.6) is 0 Å². The van der Waals surface area contributed by atoms with Crippen molar-refractivity contribution in [2.75, 3.05) is 20.1 Å². The molecule has 1 N–H and O–H groups in total. The Morgan fingerprint density at radius 2 is 1.70 bits per heavy atom. The van der Waals surface area contributed by atoms with Gasteiger partial charge in [-0.25, -0.2) is 0 Å². The smallest absolute Gasteiger partial charge is 0.00927 e. The molecular weight excluding hydrogens is 244 g/mol. The lowest BCUT2D eigenvalue weighted by Gasteiger charge is -2.53. The van der Waals surface area contributed by atoms with Gasteiger partial charge < -0.3 is 10.2 Å². The van der Waals surface area contributed by atoms with Crippen molar-refractivity contribution in [2.45, 2.75) is 78.3 Å². The van der Waals surface area contributed by atoms with Gasteiger partial charge in [-0.05, 0) is 69.4 Å². The predicted octanol–water partition coefficient (Wildman–Crippen LogP) is 3.91. The Kier molecular flexibility index (Phi) is 5.53. The predicted molar refractivity (Wildman–Crippen MR) is 88.0 cm³/mol. The molecule has 2 aliphatic rings. The quantitative estimate of drug-likeness (QED) is 0.793. The van der Waals surface area contributed by atoms with Crippen LogP contribution in [0.15, 0.2) is 0 Å². The molecule has 0 radical (unpaired) electrons. The molecule has 1 spiro atoms. The maximum atomic E-state index is 3.61. The first kappa shape index (κ1) is 16.3. The van der Waals surface area contributed by atoms with Crippen LogP contribution in [0.1, 0.15) is 66.2 Å². The molecule has 2 saturated carbocycles. The lowest BCUT2D eigenvalue weighted by Crippen LogP contribution is -2.48. The molecule has 2 rings (SSSR count). The van der Waals surface area contributed by atoms with Crippen molar-refractivity contribution in [3.63, 3.8) is 0 Å². The minimum absolute atomic E-state index is 0.645. The maximum Gasteiger partial charge on any atom is 0.00927 e. The highest BCUT2D eigenvalue weighted by Crippen LogP contribution is 2.54. The monoisotopic (exact) mass is 280 g/mol.